The van der Waals surface area contributed by atoms with Gasteiger partial charge >= 0.3 is 0 Å². The fraction of sp³-hybridized carbons (Fsp3) is 0.455. The third-order valence-corrected chi connectivity index (χ3v) is 2.79. The molecule has 0 bridgehead atoms. The van der Waals surface area contributed by atoms with Gasteiger partial charge in [-0.3, -0.25) is 0 Å². The highest BCUT2D eigenvalue weighted by Gasteiger charge is 2.21. The van der Waals surface area contributed by atoms with Crippen molar-refractivity contribution in [2.24, 2.45) is 5.73 Å². The number of aryl methyl sites for hydroxylation is 1. The Bertz CT molecular complexity index is 367. The summed E-state index contributed by atoms with van der Waals surface area (Å²) in [7, 11) is 0. The summed E-state index contributed by atoms with van der Waals surface area (Å²) in [5.74, 6) is -0.361. The smallest absolute Gasteiger partial charge is 0.145 e. The second-order valence-electron chi connectivity index (χ2n) is 4.22. The second kappa shape index (κ2) is 3.52. The first-order valence-corrected chi connectivity index (χ1v) is 4.87. The third-order valence-electron chi connectivity index (χ3n) is 2.33. The fourth-order valence-corrected chi connectivity index (χ4v) is 1.71. The number of nitrogens with two attached hydrogens (primary N) is 1. The maximum absolute atomic E-state index is 13.6. The van der Waals surface area contributed by atoms with Gasteiger partial charge in [0.15, 0.2) is 0 Å². The van der Waals surface area contributed by atoms with Crippen molar-refractivity contribution in [1.82, 2.24) is 0 Å². The Labute approximate surface area is 89.1 Å². The van der Waals surface area contributed by atoms with Gasteiger partial charge in [-0.2, -0.15) is 0 Å². The summed E-state index contributed by atoms with van der Waals surface area (Å²) in [5.41, 5.74) is 7.46. The molecule has 0 spiro atoms. The van der Waals surface area contributed by atoms with E-state index in [4.69, 9.17) is 17.3 Å². The van der Waals surface area contributed by atoms with Gasteiger partial charge in [0, 0.05) is 5.54 Å². The third kappa shape index (κ3) is 1.91. The quantitative estimate of drug-likeness (QED) is 0.765. The lowest BCUT2D eigenvalue weighted by molar-refractivity contribution is 0.535. The Kier molecular flexibility index (Phi) is 2.88. The van der Waals surface area contributed by atoms with E-state index in [0.717, 1.165) is 11.1 Å². The van der Waals surface area contributed by atoms with Crippen molar-refractivity contribution in [3.63, 3.8) is 0 Å². The van der Waals surface area contributed by atoms with Crippen LogP contribution in [0.25, 0.3) is 0 Å². The minimum atomic E-state index is -0.541. The summed E-state index contributed by atoms with van der Waals surface area (Å²) >= 11 is 5.79. The van der Waals surface area contributed by atoms with Crippen molar-refractivity contribution in [3.05, 3.63) is 33.6 Å². The molecule has 0 saturated heterocycles. The maximum atomic E-state index is 13.6. The fourth-order valence-electron chi connectivity index (χ4n) is 1.51. The Morgan fingerprint density at radius 1 is 1.36 bits per heavy atom. The molecule has 3 heteroatoms. The predicted molar refractivity (Wildman–Crippen MR) is 58.1 cm³/mol. The van der Waals surface area contributed by atoms with Gasteiger partial charge in [0.2, 0.25) is 0 Å². The van der Waals surface area contributed by atoms with Crippen LogP contribution in [0.1, 0.15) is 30.5 Å². The number of hydrogen-bond acceptors (Lipinski definition) is 1. The number of halogens is 2. The Morgan fingerprint density at radius 2 is 1.86 bits per heavy atom. The van der Waals surface area contributed by atoms with Crippen LogP contribution in [-0.2, 0) is 5.54 Å². The highest BCUT2D eigenvalue weighted by atomic mass is 35.5. The summed E-state index contributed by atoms with van der Waals surface area (Å²) in [5, 5.41) is 0.190. The van der Waals surface area contributed by atoms with Gasteiger partial charge in [-0.15, -0.1) is 0 Å². The molecule has 14 heavy (non-hydrogen) atoms. The van der Waals surface area contributed by atoms with Gasteiger partial charge in [-0.25, -0.2) is 4.39 Å². The molecular formula is C11H15ClFN. The first kappa shape index (κ1) is 11.5. The molecule has 1 nitrogen and oxygen atoms in total. The molecule has 78 valence electrons. The molecule has 0 amide bonds. The Balaban J connectivity index is 3.49. The number of benzene rings is 1. The van der Waals surface area contributed by atoms with Crippen LogP contribution in [0.5, 0.6) is 0 Å². The molecule has 0 fully saturated rings. The summed E-state index contributed by atoms with van der Waals surface area (Å²) in [4.78, 5) is 0. The van der Waals surface area contributed by atoms with Crippen molar-refractivity contribution in [2.75, 3.05) is 0 Å². The molecule has 1 aromatic carbocycles. The predicted octanol–water partition coefficient (Wildman–Crippen LogP) is 3.29. The van der Waals surface area contributed by atoms with E-state index in [-0.39, 0.29) is 10.8 Å². The van der Waals surface area contributed by atoms with Crippen LogP contribution in [0.2, 0.25) is 5.02 Å². The lowest BCUT2D eigenvalue weighted by atomic mass is 9.90. The molecule has 0 aliphatic rings. The van der Waals surface area contributed by atoms with Crippen LogP contribution in [0.15, 0.2) is 6.07 Å². The van der Waals surface area contributed by atoms with E-state index >= 15 is 0 Å². The van der Waals surface area contributed by atoms with E-state index in [9.17, 15) is 4.39 Å². The van der Waals surface area contributed by atoms with Crippen molar-refractivity contribution in [2.45, 2.75) is 33.2 Å². The van der Waals surface area contributed by atoms with Crippen molar-refractivity contribution in [3.8, 4) is 0 Å². The normalized spacial score (nSPS) is 11.9. The zero-order valence-corrected chi connectivity index (χ0v) is 9.67. The van der Waals surface area contributed by atoms with Crippen molar-refractivity contribution < 1.29 is 4.39 Å². The van der Waals surface area contributed by atoms with Crippen LogP contribution in [0, 0.1) is 19.7 Å². The summed E-state index contributed by atoms with van der Waals surface area (Å²) < 4.78 is 13.6. The van der Waals surface area contributed by atoms with Gasteiger partial charge in [0.05, 0.1) is 5.02 Å². The average molecular weight is 216 g/mol. The van der Waals surface area contributed by atoms with E-state index < -0.39 is 5.54 Å². The van der Waals surface area contributed by atoms with Crippen LogP contribution < -0.4 is 5.73 Å². The second-order valence-corrected chi connectivity index (χ2v) is 4.59. The van der Waals surface area contributed by atoms with Gasteiger partial charge in [-0.1, -0.05) is 17.7 Å². The summed E-state index contributed by atoms with van der Waals surface area (Å²) in [6, 6.07) is 1.85. The van der Waals surface area contributed by atoms with E-state index in [1.54, 1.807) is 13.8 Å². The lowest BCUT2D eigenvalue weighted by Crippen LogP contribution is -2.30. The maximum Gasteiger partial charge on any atom is 0.145 e. The minimum Gasteiger partial charge on any atom is -0.322 e. The highest BCUT2D eigenvalue weighted by molar-refractivity contribution is 6.31. The molecule has 2 N–H and O–H groups in total. The van der Waals surface area contributed by atoms with Crippen molar-refractivity contribution >= 4 is 11.6 Å². The molecule has 0 atom stereocenters. The molecule has 1 rings (SSSR count). The molecule has 0 aromatic heterocycles. The van der Waals surface area contributed by atoms with Crippen LogP contribution in [0.3, 0.4) is 0 Å². The highest BCUT2D eigenvalue weighted by Crippen LogP contribution is 2.30. The Morgan fingerprint density at radius 3 is 2.29 bits per heavy atom. The lowest BCUT2D eigenvalue weighted by Gasteiger charge is -2.23. The molecule has 0 aliphatic heterocycles. The zero-order valence-electron chi connectivity index (χ0n) is 8.91. The molecule has 0 unspecified atom stereocenters. The molecule has 0 saturated carbocycles. The van der Waals surface area contributed by atoms with Crippen LogP contribution in [-0.4, -0.2) is 0 Å². The monoisotopic (exact) mass is 215 g/mol. The number of rotatable bonds is 1. The van der Waals surface area contributed by atoms with Crippen LogP contribution in [0.4, 0.5) is 4.39 Å². The van der Waals surface area contributed by atoms with E-state index in [1.165, 1.54) is 0 Å². The molecule has 1 aromatic rings. The SMILES string of the molecule is Cc1cc(C(C)(C)N)c(C)c(F)c1Cl. The van der Waals surface area contributed by atoms with E-state index in [1.807, 2.05) is 19.9 Å². The first-order chi connectivity index (χ1) is 6.25. The summed E-state index contributed by atoms with van der Waals surface area (Å²) in [6.07, 6.45) is 0. The zero-order chi connectivity index (χ0) is 11.1. The molecule has 0 aliphatic carbocycles. The average Bonchev–Trinajstić information content (AvgIpc) is 2.06. The van der Waals surface area contributed by atoms with E-state index in [0.29, 0.717) is 5.56 Å². The van der Waals surface area contributed by atoms with Gasteiger partial charge in [0.25, 0.3) is 0 Å². The van der Waals surface area contributed by atoms with Crippen molar-refractivity contribution in [1.29, 1.82) is 0 Å². The van der Waals surface area contributed by atoms with E-state index in [2.05, 4.69) is 0 Å². The first-order valence-electron chi connectivity index (χ1n) is 4.49. The largest absolute Gasteiger partial charge is 0.322 e. The topological polar surface area (TPSA) is 26.0 Å². The van der Waals surface area contributed by atoms with Gasteiger partial charge < -0.3 is 5.73 Å². The minimum absolute atomic E-state index is 0.190. The molecule has 0 radical (unpaired) electrons. The molecule has 0 heterocycles. The molecular weight excluding hydrogens is 201 g/mol. The Hall–Kier alpha value is -0.600. The van der Waals surface area contributed by atoms with Gasteiger partial charge in [0.1, 0.15) is 5.82 Å². The summed E-state index contributed by atoms with van der Waals surface area (Å²) in [6.45, 7) is 7.18. The van der Waals surface area contributed by atoms with Crippen LogP contribution >= 0.6 is 11.6 Å². The number of hydrogen-bond donors (Lipinski definition) is 1. The standard InChI is InChI=1S/C11H15ClFN/c1-6-5-8(11(3,4)14)7(2)10(13)9(6)12/h5H,14H2,1-4H3. The van der Waals surface area contributed by atoms with Gasteiger partial charge in [-0.05, 0) is 44.4 Å².